The lowest BCUT2D eigenvalue weighted by atomic mass is 10.3. The van der Waals surface area contributed by atoms with E-state index < -0.39 is 6.03 Å². The third-order valence-corrected chi connectivity index (χ3v) is 3.90. The zero-order valence-electron chi connectivity index (χ0n) is 12.0. The minimum Gasteiger partial charge on any atom is -0.338 e. The molecule has 2 aromatic rings. The van der Waals surface area contributed by atoms with E-state index in [1.54, 1.807) is 0 Å². The van der Waals surface area contributed by atoms with Crippen molar-refractivity contribution >= 4 is 34.7 Å². The van der Waals surface area contributed by atoms with Crippen molar-refractivity contribution in [3.05, 3.63) is 24.3 Å². The number of imidazole rings is 1. The predicted octanol–water partition coefficient (Wildman–Crippen LogP) is 1.90. The van der Waals surface area contributed by atoms with E-state index in [9.17, 15) is 9.59 Å². The highest BCUT2D eigenvalue weighted by atomic mass is 32.2. The van der Waals surface area contributed by atoms with E-state index in [2.05, 4.69) is 15.6 Å². The number of hydrogen-bond acceptors (Lipinski definition) is 4. The van der Waals surface area contributed by atoms with Gasteiger partial charge in [0.15, 0.2) is 5.16 Å². The first-order valence-electron chi connectivity index (χ1n) is 6.73. The Labute approximate surface area is 127 Å². The number of imide groups is 1. The number of nitrogens with one attached hydrogen (secondary N) is 2. The van der Waals surface area contributed by atoms with Crippen LogP contribution in [-0.4, -0.2) is 33.8 Å². The van der Waals surface area contributed by atoms with Crippen molar-refractivity contribution in [1.82, 2.24) is 20.2 Å². The van der Waals surface area contributed by atoms with E-state index in [-0.39, 0.29) is 11.7 Å². The number of nitrogens with zero attached hydrogens (tertiary/aromatic N) is 2. The average molecular weight is 306 g/mol. The van der Waals surface area contributed by atoms with Crippen LogP contribution in [0.25, 0.3) is 11.0 Å². The van der Waals surface area contributed by atoms with Gasteiger partial charge in [0.2, 0.25) is 5.91 Å². The predicted molar refractivity (Wildman–Crippen MR) is 83.3 cm³/mol. The first-order chi connectivity index (χ1) is 10.1. The van der Waals surface area contributed by atoms with E-state index in [1.165, 1.54) is 11.8 Å². The van der Waals surface area contributed by atoms with Gasteiger partial charge in [-0.15, -0.1) is 0 Å². The van der Waals surface area contributed by atoms with Crippen LogP contribution >= 0.6 is 11.8 Å². The van der Waals surface area contributed by atoms with Gasteiger partial charge in [-0.05, 0) is 18.6 Å². The van der Waals surface area contributed by atoms with Crippen molar-refractivity contribution in [3.63, 3.8) is 0 Å². The number of aromatic nitrogens is 2. The molecule has 112 valence electrons. The molecule has 21 heavy (non-hydrogen) atoms. The fraction of sp³-hybridized carbons (Fsp3) is 0.357. The molecule has 1 aromatic heterocycles. The summed E-state index contributed by atoms with van der Waals surface area (Å²) in [6.45, 7) is 2.50. The van der Waals surface area contributed by atoms with E-state index >= 15 is 0 Å². The topological polar surface area (TPSA) is 76.0 Å². The third kappa shape index (κ3) is 3.98. The number of benzene rings is 1. The number of aryl methyl sites for hydroxylation is 1. The SMILES string of the molecule is CCCNC(=O)NC(=O)CSc1nc2ccccc2n1C. The lowest BCUT2D eigenvalue weighted by Crippen LogP contribution is -2.40. The lowest BCUT2D eigenvalue weighted by molar-refractivity contribution is -0.117. The molecule has 0 unspecified atom stereocenters. The summed E-state index contributed by atoms with van der Waals surface area (Å²) in [7, 11) is 1.91. The molecule has 3 amide bonds. The van der Waals surface area contributed by atoms with Gasteiger partial charge >= 0.3 is 6.03 Å². The minimum absolute atomic E-state index is 0.150. The van der Waals surface area contributed by atoms with Gasteiger partial charge < -0.3 is 9.88 Å². The summed E-state index contributed by atoms with van der Waals surface area (Å²) in [5.41, 5.74) is 1.91. The molecule has 1 aromatic carbocycles. The summed E-state index contributed by atoms with van der Waals surface area (Å²) in [5, 5.41) is 5.63. The second-order valence-electron chi connectivity index (χ2n) is 4.53. The molecule has 0 fully saturated rings. The maximum Gasteiger partial charge on any atom is 0.321 e. The van der Waals surface area contributed by atoms with Crippen molar-refractivity contribution in [2.45, 2.75) is 18.5 Å². The van der Waals surface area contributed by atoms with Gasteiger partial charge in [0, 0.05) is 13.6 Å². The van der Waals surface area contributed by atoms with Crippen molar-refractivity contribution < 1.29 is 9.59 Å². The maximum atomic E-state index is 11.7. The largest absolute Gasteiger partial charge is 0.338 e. The number of hydrogen-bond donors (Lipinski definition) is 2. The molecule has 7 heteroatoms. The van der Waals surface area contributed by atoms with Crippen LogP contribution in [0.15, 0.2) is 29.4 Å². The zero-order valence-corrected chi connectivity index (χ0v) is 12.9. The van der Waals surface area contributed by atoms with Crippen LogP contribution in [-0.2, 0) is 11.8 Å². The Kier molecular flexibility index (Phi) is 5.21. The van der Waals surface area contributed by atoms with Crippen molar-refractivity contribution in [2.24, 2.45) is 7.05 Å². The van der Waals surface area contributed by atoms with Gasteiger partial charge in [0.1, 0.15) is 0 Å². The number of carbonyl (C=O) groups is 2. The number of rotatable bonds is 5. The van der Waals surface area contributed by atoms with E-state index in [0.717, 1.165) is 22.6 Å². The van der Waals surface area contributed by atoms with Gasteiger partial charge in [0.25, 0.3) is 0 Å². The van der Waals surface area contributed by atoms with Gasteiger partial charge in [-0.25, -0.2) is 9.78 Å². The Morgan fingerprint density at radius 3 is 2.81 bits per heavy atom. The summed E-state index contributed by atoms with van der Waals surface area (Å²) in [5.74, 6) is -0.183. The zero-order chi connectivity index (χ0) is 15.2. The smallest absolute Gasteiger partial charge is 0.321 e. The molecular weight excluding hydrogens is 288 g/mol. The quantitative estimate of drug-likeness (QED) is 0.827. The summed E-state index contributed by atoms with van der Waals surface area (Å²) >= 11 is 1.31. The highest BCUT2D eigenvalue weighted by Gasteiger charge is 2.11. The van der Waals surface area contributed by atoms with Crippen molar-refractivity contribution in [2.75, 3.05) is 12.3 Å². The number of carbonyl (C=O) groups excluding carboxylic acids is 2. The second-order valence-corrected chi connectivity index (χ2v) is 5.48. The van der Waals surface area contributed by atoms with Crippen LogP contribution in [0.1, 0.15) is 13.3 Å². The van der Waals surface area contributed by atoms with Gasteiger partial charge in [-0.2, -0.15) is 0 Å². The Balaban J connectivity index is 1.91. The molecule has 0 radical (unpaired) electrons. The minimum atomic E-state index is -0.451. The van der Waals surface area contributed by atoms with E-state index in [4.69, 9.17) is 0 Å². The highest BCUT2D eigenvalue weighted by Crippen LogP contribution is 2.22. The first kappa shape index (κ1) is 15.4. The Morgan fingerprint density at radius 1 is 1.33 bits per heavy atom. The molecule has 1 heterocycles. The van der Waals surface area contributed by atoms with Crippen molar-refractivity contribution in [1.29, 1.82) is 0 Å². The lowest BCUT2D eigenvalue weighted by Gasteiger charge is -2.05. The van der Waals surface area contributed by atoms with Crippen LogP contribution in [0, 0.1) is 0 Å². The first-order valence-corrected chi connectivity index (χ1v) is 7.72. The number of para-hydroxylation sites is 2. The second kappa shape index (κ2) is 7.12. The van der Waals surface area contributed by atoms with Gasteiger partial charge in [-0.3, -0.25) is 10.1 Å². The molecule has 0 bridgehead atoms. The Bertz CT molecular complexity index is 653. The van der Waals surface area contributed by atoms with Gasteiger partial charge in [0.05, 0.1) is 16.8 Å². The molecular formula is C14H18N4O2S. The molecule has 0 saturated carbocycles. The van der Waals surface area contributed by atoms with E-state index in [1.807, 2.05) is 42.8 Å². The molecule has 0 aliphatic carbocycles. The fourth-order valence-corrected chi connectivity index (χ4v) is 2.62. The number of amides is 3. The third-order valence-electron chi connectivity index (χ3n) is 2.87. The molecule has 2 N–H and O–H groups in total. The maximum absolute atomic E-state index is 11.7. The molecule has 2 rings (SSSR count). The van der Waals surface area contributed by atoms with Crippen molar-refractivity contribution in [3.8, 4) is 0 Å². The Morgan fingerprint density at radius 2 is 2.10 bits per heavy atom. The fourth-order valence-electron chi connectivity index (χ4n) is 1.83. The summed E-state index contributed by atoms with van der Waals surface area (Å²) < 4.78 is 1.93. The number of thioether (sulfide) groups is 1. The monoisotopic (exact) mass is 306 g/mol. The molecule has 0 spiro atoms. The van der Waals surface area contributed by atoms with Crippen LogP contribution in [0.4, 0.5) is 4.79 Å². The Hall–Kier alpha value is -2.02. The average Bonchev–Trinajstić information content (AvgIpc) is 2.80. The summed E-state index contributed by atoms with van der Waals surface area (Å²) in [4.78, 5) is 27.5. The molecule has 0 saturated heterocycles. The standard InChI is InChI=1S/C14H18N4O2S/c1-3-8-15-13(20)17-12(19)9-21-14-16-10-6-4-5-7-11(10)18(14)2/h4-7H,3,8-9H2,1-2H3,(H2,15,17,19,20). The van der Waals surface area contributed by atoms with Crippen LogP contribution in [0.5, 0.6) is 0 Å². The van der Waals surface area contributed by atoms with E-state index in [0.29, 0.717) is 6.54 Å². The normalized spacial score (nSPS) is 10.6. The van der Waals surface area contributed by atoms with Gasteiger partial charge in [-0.1, -0.05) is 30.8 Å². The summed E-state index contributed by atoms with van der Waals surface area (Å²) in [6.07, 6.45) is 0.830. The highest BCUT2D eigenvalue weighted by molar-refractivity contribution is 7.99. The molecule has 0 aliphatic rings. The number of fused-ring (bicyclic) bond motifs is 1. The molecule has 0 aliphatic heterocycles. The van der Waals surface area contributed by atoms with Crippen LogP contribution < -0.4 is 10.6 Å². The number of urea groups is 1. The summed E-state index contributed by atoms with van der Waals surface area (Å²) in [6, 6.07) is 7.33. The molecule has 0 atom stereocenters. The van der Waals surface area contributed by atoms with Crippen LogP contribution in [0.3, 0.4) is 0 Å². The van der Waals surface area contributed by atoms with Crippen LogP contribution in [0.2, 0.25) is 0 Å². The molecule has 6 nitrogen and oxygen atoms in total.